The Balaban J connectivity index is 2.43. The molecule has 1 aromatic rings. The summed E-state index contributed by atoms with van der Waals surface area (Å²) in [5.41, 5.74) is 0.818. The van der Waals surface area contributed by atoms with Crippen molar-refractivity contribution in [3.63, 3.8) is 0 Å². The molecule has 3 nitrogen and oxygen atoms in total. The topological polar surface area (TPSA) is 43.1 Å². The van der Waals surface area contributed by atoms with E-state index >= 15 is 0 Å². The maximum Gasteiger partial charge on any atom is 0.273 e. The minimum Gasteiger partial charge on any atom is -0.258 e. The highest BCUT2D eigenvalue weighted by Crippen LogP contribution is 2.45. The lowest BCUT2D eigenvalue weighted by Gasteiger charge is -1.98. The molecule has 0 amide bonds. The molecular weight excluding hydrogens is 218 g/mol. The van der Waals surface area contributed by atoms with Crippen molar-refractivity contribution in [2.45, 2.75) is 11.2 Å². The van der Waals surface area contributed by atoms with Gasteiger partial charge in [0.05, 0.1) is 4.92 Å². The van der Waals surface area contributed by atoms with E-state index in [1.54, 1.807) is 18.2 Å². The molecule has 0 bridgehead atoms. The van der Waals surface area contributed by atoms with E-state index in [1.807, 2.05) is 0 Å². The summed E-state index contributed by atoms with van der Waals surface area (Å²) in [5, 5.41) is 10.7. The molecule has 5 heteroatoms. The lowest BCUT2D eigenvalue weighted by Crippen LogP contribution is -1.94. The van der Waals surface area contributed by atoms with Crippen molar-refractivity contribution < 1.29 is 4.92 Å². The Morgan fingerprint density at radius 2 is 2.00 bits per heavy atom. The third kappa shape index (κ3) is 1.42. The molecule has 72 valence electrons. The van der Waals surface area contributed by atoms with Crippen LogP contribution in [0.25, 0.3) is 0 Å². The van der Waals surface area contributed by atoms with Gasteiger partial charge in [-0.2, -0.15) is 12.6 Å². The summed E-state index contributed by atoms with van der Waals surface area (Å²) >= 11 is 9.25. The van der Waals surface area contributed by atoms with Crippen LogP contribution >= 0.6 is 24.8 Å². The molecule has 2 unspecified atom stereocenters. The average Bonchev–Trinajstić information content (AvgIpc) is 2.75. The Bertz CT molecular complexity index is 419. The SMILES string of the molecule is O=[N+]([O-])c1ccccc1C1C(=S)C1S. The summed E-state index contributed by atoms with van der Waals surface area (Å²) in [6.45, 7) is 0. The van der Waals surface area contributed by atoms with Gasteiger partial charge in [0.25, 0.3) is 5.69 Å². The molecule has 0 heterocycles. The molecule has 0 aromatic heterocycles. The smallest absolute Gasteiger partial charge is 0.258 e. The highest BCUT2D eigenvalue weighted by molar-refractivity contribution is 7.88. The summed E-state index contributed by atoms with van der Waals surface area (Å²) in [4.78, 5) is 11.1. The number of hydrogen-bond acceptors (Lipinski definition) is 4. The van der Waals surface area contributed by atoms with Crippen molar-refractivity contribution in [2.75, 3.05) is 0 Å². The van der Waals surface area contributed by atoms with E-state index in [0.29, 0.717) is 5.56 Å². The largest absolute Gasteiger partial charge is 0.273 e. The van der Waals surface area contributed by atoms with Gasteiger partial charge in [-0.3, -0.25) is 10.1 Å². The molecule has 14 heavy (non-hydrogen) atoms. The quantitative estimate of drug-likeness (QED) is 0.363. The Labute approximate surface area is 91.7 Å². The van der Waals surface area contributed by atoms with Crippen LogP contribution in [0.1, 0.15) is 11.5 Å². The first-order chi connectivity index (χ1) is 6.63. The Morgan fingerprint density at radius 3 is 2.50 bits per heavy atom. The Morgan fingerprint density at radius 1 is 1.43 bits per heavy atom. The molecule has 0 saturated heterocycles. The number of nitro benzene ring substituents is 1. The fourth-order valence-corrected chi connectivity index (χ4v) is 2.29. The second-order valence-corrected chi connectivity index (χ2v) is 4.17. The summed E-state index contributed by atoms with van der Waals surface area (Å²) in [6.07, 6.45) is 0. The number of nitro groups is 1. The number of benzene rings is 1. The third-order valence-corrected chi connectivity index (χ3v) is 3.53. The molecule has 0 spiro atoms. The first kappa shape index (κ1) is 9.61. The van der Waals surface area contributed by atoms with Crippen LogP contribution in [0.2, 0.25) is 0 Å². The zero-order chi connectivity index (χ0) is 10.3. The zero-order valence-corrected chi connectivity index (χ0v) is 8.79. The van der Waals surface area contributed by atoms with Crippen LogP contribution in [0.3, 0.4) is 0 Å². The summed E-state index contributed by atoms with van der Waals surface area (Å²) in [5.74, 6) is -0.0186. The van der Waals surface area contributed by atoms with Gasteiger partial charge in [-0.05, 0) is 0 Å². The van der Waals surface area contributed by atoms with Gasteiger partial charge in [0.15, 0.2) is 0 Å². The van der Waals surface area contributed by atoms with Gasteiger partial charge in [-0.15, -0.1) is 0 Å². The first-order valence-corrected chi connectivity index (χ1v) is 5.00. The van der Waals surface area contributed by atoms with E-state index in [0.717, 1.165) is 4.86 Å². The van der Waals surface area contributed by atoms with Crippen LogP contribution < -0.4 is 0 Å². The van der Waals surface area contributed by atoms with Gasteiger partial charge >= 0.3 is 0 Å². The van der Waals surface area contributed by atoms with Crippen LogP contribution in [0.5, 0.6) is 0 Å². The van der Waals surface area contributed by atoms with Gasteiger partial charge in [0, 0.05) is 27.7 Å². The highest BCUT2D eigenvalue weighted by atomic mass is 32.1. The summed E-state index contributed by atoms with van der Waals surface area (Å²) in [6, 6.07) is 6.67. The molecule has 1 saturated carbocycles. The lowest BCUT2D eigenvalue weighted by molar-refractivity contribution is -0.385. The number of rotatable bonds is 2. The van der Waals surface area contributed by atoms with Crippen LogP contribution in [0, 0.1) is 10.1 Å². The van der Waals surface area contributed by atoms with E-state index in [9.17, 15) is 10.1 Å². The summed E-state index contributed by atoms with van der Waals surface area (Å²) < 4.78 is 0. The van der Waals surface area contributed by atoms with Crippen molar-refractivity contribution in [3.05, 3.63) is 39.9 Å². The van der Waals surface area contributed by atoms with E-state index in [1.165, 1.54) is 6.07 Å². The predicted octanol–water partition coefficient (Wildman–Crippen LogP) is 2.36. The predicted molar refractivity (Wildman–Crippen MR) is 61.2 cm³/mol. The van der Waals surface area contributed by atoms with E-state index < -0.39 is 0 Å². The molecule has 1 fully saturated rings. The molecule has 1 aliphatic rings. The van der Waals surface area contributed by atoms with E-state index in [-0.39, 0.29) is 21.8 Å². The molecule has 2 atom stereocenters. The van der Waals surface area contributed by atoms with Crippen LogP contribution in [0.4, 0.5) is 5.69 Å². The fourth-order valence-electron chi connectivity index (χ4n) is 1.47. The van der Waals surface area contributed by atoms with Crippen molar-refractivity contribution >= 4 is 35.4 Å². The number of nitrogens with zero attached hydrogens (tertiary/aromatic N) is 1. The minimum absolute atomic E-state index is 0.00565. The summed E-state index contributed by atoms with van der Waals surface area (Å²) in [7, 11) is 0. The zero-order valence-electron chi connectivity index (χ0n) is 7.08. The normalized spacial score (nSPS) is 24.8. The number of thiocarbonyl (C=S) groups is 1. The van der Waals surface area contributed by atoms with Crippen molar-refractivity contribution in [1.29, 1.82) is 0 Å². The highest BCUT2D eigenvalue weighted by Gasteiger charge is 2.45. The molecular formula is C9H7NO2S2. The monoisotopic (exact) mass is 225 g/mol. The molecule has 2 rings (SSSR count). The number of hydrogen-bond donors (Lipinski definition) is 1. The van der Waals surface area contributed by atoms with Gasteiger partial charge < -0.3 is 0 Å². The van der Waals surface area contributed by atoms with Gasteiger partial charge in [0.1, 0.15) is 0 Å². The molecule has 1 aromatic carbocycles. The van der Waals surface area contributed by atoms with Gasteiger partial charge in [-0.25, -0.2) is 0 Å². The van der Waals surface area contributed by atoms with Crippen molar-refractivity contribution in [3.8, 4) is 0 Å². The molecule has 0 radical (unpaired) electrons. The Kier molecular flexibility index (Phi) is 2.28. The molecule has 1 aliphatic carbocycles. The van der Waals surface area contributed by atoms with Crippen LogP contribution in [0.15, 0.2) is 24.3 Å². The van der Waals surface area contributed by atoms with Crippen molar-refractivity contribution in [2.24, 2.45) is 0 Å². The molecule has 0 aliphatic heterocycles. The third-order valence-electron chi connectivity index (χ3n) is 2.27. The number of thiol groups is 1. The Hall–Kier alpha value is -0.940. The maximum atomic E-state index is 10.7. The average molecular weight is 225 g/mol. The first-order valence-electron chi connectivity index (χ1n) is 4.08. The van der Waals surface area contributed by atoms with Gasteiger partial charge in [0.2, 0.25) is 0 Å². The lowest BCUT2D eigenvalue weighted by atomic mass is 10.1. The second-order valence-electron chi connectivity index (χ2n) is 3.14. The minimum atomic E-state index is -0.378. The van der Waals surface area contributed by atoms with Crippen molar-refractivity contribution in [1.82, 2.24) is 0 Å². The second kappa shape index (κ2) is 3.33. The van der Waals surface area contributed by atoms with E-state index in [2.05, 4.69) is 12.6 Å². The van der Waals surface area contributed by atoms with Gasteiger partial charge in [-0.1, -0.05) is 30.4 Å². The fraction of sp³-hybridized carbons (Fsp3) is 0.222. The number of para-hydroxylation sites is 1. The maximum absolute atomic E-state index is 10.7. The van der Waals surface area contributed by atoms with Crippen LogP contribution in [-0.4, -0.2) is 15.0 Å². The van der Waals surface area contributed by atoms with E-state index in [4.69, 9.17) is 12.2 Å². The molecule has 0 N–H and O–H groups in total. The standard InChI is InChI=1S/C9H7NO2S2/c11-10(12)6-4-2-1-3-5(6)7-8(13)9(7)14/h1-4,7-8,13H. The van der Waals surface area contributed by atoms with Crippen LogP contribution in [-0.2, 0) is 0 Å².